The van der Waals surface area contributed by atoms with Gasteiger partial charge in [-0.15, -0.1) is 0 Å². The number of pyridine rings is 1. The van der Waals surface area contributed by atoms with Gasteiger partial charge >= 0.3 is 0 Å². The molecular formula is C6H4BrN3O. The zero-order valence-corrected chi connectivity index (χ0v) is 6.97. The second-order valence-corrected chi connectivity index (χ2v) is 3.04. The molecule has 0 radical (unpaired) electrons. The van der Waals surface area contributed by atoms with E-state index in [2.05, 4.69) is 31.1 Å². The standard InChI is InChI=1S/C6H4BrN3O/c7-3-1-4-5(8-2-3)6(11)10-9-4/h1-2H,(H2,9,10,11). The summed E-state index contributed by atoms with van der Waals surface area (Å²) in [5.41, 5.74) is 0.963. The van der Waals surface area contributed by atoms with Gasteiger partial charge in [0.2, 0.25) is 0 Å². The maximum Gasteiger partial charge on any atom is 0.290 e. The molecule has 2 N–H and O–H groups in total. The Labute approximate surface area is 69.8 Å². The number of fused-ring (bicyclic) bond motifs is 1. The number of rotatable bonds is 0. The Kier molecular flexibility index (Phi) is 1.32. The Morgan fingerprint density at radius 1 is 1.45 bits per heavy atom. The van der Waals surface area contributed by atoms with Crippen molar-refractivity contribution in [3.63, 3.8) is 0 Å². The van der Waals surface area contributed by atoms with Gasteiger partial charge in [-0.1, -0.05) is 0 Å². The lowest BCUT2D eigenvalue weighted by Gasteiger charge is -1.86. The first-order valence-corrected chi connectivity index (χ1v) is 3.78. The number of halogens is 1. The monoisotopic (exact) mass is 213 g/mol. The molecule has 5 heteroatoms. The van der Waals surface area contributed by atoms with E-state index in [-0.39, 0.29) is 5.56 Å². The molecule has 0 saturated heterocycles. The molecule has 2 aromatic heterocycles. The summed E-state index contributed by atoms with van der Waals surface area (Å²) in [5, 5.41) is 5.14. The van der Waals surface area contributed by atoms with Gasteiger partial charge in [0.15, 0.2) is 5.52 Å². The number of nitrogens with one attached hydrogen (secondary N) is 2. The quantitative estimate of drug-likeness (QED) is 0.687. The molecule has 0 amide bonds. The Balaban J connectivity index is 2.97. The SMILES string of the molecule is O=c1[nH][nH]c2cc(Br)cnc12. The first kappa shape index (κ1) is 6.60. The lowest BCUT2D eigenvalue weighted by atomic mass is 10.4. The van der Waals surface area contributed by atoms with Gasteiger partial charge in [0.1, 0.15) is 0 Å². The molecule has 0 aliphatic rings. The van der Waals surface area contributed by atoms with Crippen LogP contribution in [0, 0.1) is 0 Å². The predicted molar refractivity (Wildman–Crippen MR) is 44.4 cm³/mol. The highest BCUT2D eigenvalue weighted by atomic mass is 79.9. The van der Waals surface area contributed by atoms with Crippen molar-refractivity contribution in [3.8, 4) is 0 Å². The zero-order chi connectivity index (χ0) is 7.84. The Hall–Kier alpha value is -1.10. The van der Waals surface area contributed by atoms with Gasteiger partial charge in [-0.2, -0.15) is 0 Å². The fourth-order valence-electron chi connectivity index (χ4n) is 0.899. The van der Waals surface area contributed by atoms with Gasteiger partial charge in [0.05, 0.1) is 5.52 Å². The number of hydrogen-bond donors (Lipinski definition) is 2. The molecule has 0 atom stereocenters. The highest BCUT2D eigenvalue weighted by Crippen LogP contribution is 2.11. The predicted octanol–water partition coefficient (Wildman–Crippen LogP) is 1.01. The highest BCUT2D eigenvalue weighted by Gasteiger charge is 2.00. The molecular weight excluding hydrogens is 210 g/mol. The van der Waals surface area contributed by atoms with Crippen LogP contribution >= 0.6 is 15.9 Å². The third-order valence-corrected chi connectivity index (χ3v) is 1.81. The summed E-state index contributed by atoms with van der Waals surface area (Å²) in [5.74, 6) is 0. The van der Waals surface area contributed by atoms with Crippen molar-refractivity contribution in [3.05, 3.63) is 27.1 Å². The van der Waals surface area contributed by atoms with Gasteiger partial charge < -0.3 is 0 Å². The van der Waals surface area contributed by atoms with Crippen molar-refractivity contribution in [2.45, 2.75) is 0 Å². The zero-order valence-electron chi connectivity index (χ0n) is 5.39. The van der Waals surface area contributed by atoms with E-state index in [1.165, 1.54) is 0 Å². The van der Waals surface area contributed by atoms with E-state index in [0.29, 0.717) is 11.0 Å². The lowest BCUT2D eigenvalue weighted by Crippen LogP contribution is -1.98. The maximum absolute atomic E-state index is 10.9. The van der Waals surface area contributed by atoms with Crippen LogP contribution in [0.25, 0.3) is 11.0 Å². The van der Waals surface area contributed by atoms with Gasteiger partial charge in [-0.25, -0.2) is 4.98 Å². The summed E-state index contributed by atoms with van der Waals surface area (Å²) < 4.78 is 0.847. The second kappa shape index (κ2) is 2.20. The second-order valence-electron chi connectivity index (χ2n) is 2.13. The lowest BCUT2D eigenvalue weighted by molar-refractivity contribution is 1.08. The van der Waals surface area contributed by atoms with Crippen LogP contribution in [0.1, 0.15) is 0 Å². The summed E-state index contributed by atoms with van der Waals surface area (Å²) in [4.78, 5) is 14.8. The fraction of sp³-hybridized carbons (Fsp3) is 0. The normalized spacial score (nSPS) is 10.6. The fourth-order valence-corrected chi connectivity index (χ4v) is 1.23. The van der Waals surface area contributed by atoms with Crippen LogP contribution in [0.3, 0.4) is 0 Å². The number of aromatic amines is 2. The van der Waals surface area contributed by atoms with E-state index >= 15 is 0 Å². The van der Waals surface area contributed by atoms with E-state index in [0.717, 1.165) is 4.47 Å². The molecule has 0 spiro atoms. The average molecular weight is 214 g/mol. The van der Waals surface area contributed by atoms with Crippen LogP contribution in [0.4, 0.5) is 0 Å². The van der Waals surface area contributed by atoms with E-state index < -0.39 is 0 Å². The van der Waals surface area contributed by atoms with Crippen LogP contribution in [0.15, 0.2) is 21.5 Å². The van der Waals surface area contributed by atoms with E-state index in [1.807, 2.05) is 0 Å². The van der Waals surface area contributed by atoms with Gasteiger partial charge in [0.25, 0.3) is 5.56 Å². The van der Waals surface area contributed by atoms with E-state index in [1.54, 1.807) is 12.3 Å². The van der Waals surface area contributed by atoms with Crippen molar-refractivity contribution < 1.29 is 0 Å². The van der Waals surface area contributed by atoms with Crippen LogP contribution < -0.4 is 5.56 Å². The van der Waals surface area contributed by atoms with E-state index in [9.17, 15) is 4.79 Å². The molecule has 11 heavy (non-hydrogen) atoms. The molecule has 0 fully saturated rings. The molecule has 0 aliphatic carbocycles. The first-order valence-electron chi connectivity index (χ1n) is 2.99. The van der Waals surface area contributed by atoms with Crippen LogP contribution in [0.2, 0.25) is 0 Å². The minimum absolute atomic E-state index is 0.187. The number of H-pyrrole nitrogens is 2. The van der Waals surface area contributed by atoms with Gasteiger partial charge in [-0.3, -0.25) is 15.0 Å². The van der Waals surface area contributed by atoms with Crippen molar-refractivity contribution in [1.82, 2.24) is 15.2 Å². The average Bonchev–Trinajstić information content (AvgIpc) is 2.32. The summed E-state index contributed by atoms with van der Waals surface area (Å²) in [7, 11) is 0. The van der Waals surface area contributed by atoms with Crippen molar-refractivity contribution in [1.29, 1.82) is 0 Å². The molecule has 2 aromatic rings. The number of hydrogen-bond acceptors (Lipinski definition) is 2. The first-order chi connectivity index (χ1) is 5.27. The molecule has 0 aliphatic heterocycles. The third kappa shape index (κ3) is 0.970. The Bertz CT molecular complexity index is 444. The topological polar surface area (TPSA) is 61.5 Å². The van der Waals surface area contributed by atoms with Gasteiger partial charge in [0, 0.05) is 10.7 Å². The van der Waals surface area contributed by atoms with Crippen molar-refractivity contribution in [2.75, 3.05) is 0 Å². The Morgan fingerprint density at radius 2 is 2.27 bits per heavy atom. The summed E-state index contributed by atoms with van der Waals surface area (Å²) in [6, 6.07) is 1.79. The molecule has 0 saturated carbocycles. The number of nitrogens with zero attached hydrogens (tertiary/aromatic N) is 1. The molecule has 0 aromatic carbocycles. The molecule has 2 heterocycles. The van der Waals surface area contributed by atoms with Crippen LogP contribution in [-0.4, -0.2) is 15.2 Å². The molecule has 56 valence electrons. The summed E-state index contributed by atoms with van der Waals surface area (Å²) >= 11 is 3.24. The third-order valence-electron chi connectivity index (χ3n) is 1.38. The Morgan fingerprint density at radius 3 is 3.09 bits per heavy atom. The van der Waals surface area contributed by atoms with Crippen molar-refractivity contribution in [2.24, 2.45) is 0 Å². The smallest absolute Gasteiger partial charge is 0.290 e. The van der Waals surface area contributed by atoms with Gasteiger partial charge in [-0.05, 0) is 22.0 Å². The molecule has 4 nitrogen and oxygen atoms in total. The maximum atomic E-state index is 10.9. The summed E-state index contributed by atoms with van der Waals surface area (Å²) in [6.07, 6.45) is 1.59. The minimum Gasteiger partial charge on any atom is -0.296 e. The largest absolute Gasteiger partial charge is 0.296 e. The van der Waals surface area contributed by atoms with Crippen LogP contribution in [-0.2, 0) is 0 Å². The molecule has 0 unspecified atom stereocenters. The molecule has 0 bridgehead atoms. The number of aromatic nitrogens is 3. The molecule has 2 rings (SSSR count). The highest BCUT2D eigenvalue weighted by molar-refractivity contribution is 9.10. The van der Waals surface area contributed by atoms with E-state index in [4.69, 9.17) is 0 Å². The van der Waals surface area contributed by atoms with Crippen molar-refractivity contribution >= 4 is 27.0 Å². The minimum atomic E-state index is -0.187. The summed E-state index contributed by atoms with van der Waals surface area (Å²) in [6.45, 7) is 0. The van der Waals surface area contributed by atoms with Crippen LogP contribution in [0.5, 0.6) is 0 Å².